The molecule has 16 heavy (non-hydrogen) atoms. The van der Waals surface area contributed by atoms with Gasteiger partial charge in [0, 0.05) is 19.7 Å². The third-order valence-corrected chi connectivity index (χ3v) is 3.67. The molecule has 0 aromatic rings. The number of piperidine rings is 1. The van der Waals surface area contributed by atoms with Crippen molar-refractivity contribution >= 4 is 5.84 Å². The van der Waals surface area contributed by atoms with Crippen LogP contribution in [0.1, 0.15) is 52.9 Å². The second kappa shape index (κ2) is 6.24. The van der Waals surface area contributed by atoms with Crippen molar-refractivity contribution in [3.63, 3.8) is 0 Å². The predicted molar refractivity (Wildman–Crippen MR) is 68.1 cm³/mol. The first kappa shape index (κ1) is 13.5. The predicted octanol–water partition coefficient (Wildman–Crippen LogP) is 3.04. The van der Waals surface area contributed by atoms with Gasteiger partial charge in [-0.15, -0.1) is 0 Å². The molecule has 1 rings (SSSR count). The molecule has 1 N–H and O–H groups in total. The van der Waals surface area contributed by atoms with Crippen LogP contribution in [0.3, 0.4) is 0 Å². The minimum Gasteiger partial charge on any atom is -0.367 e. The molecule has 0 radical (unpaired) electrons. The Labute approximate surface area is 99.7 Å². The van der Waals surface area contributed by atoms with E-state index < -0.39 is 0 Å². The first-order valence-corrected chi connectivity index (χ1v) is 6.68. The van der Waals surface area contributed by atoms with Crippen LogP contribution >= 0.6 is 0 Å². The topological polar surface area (TPSA) is 36.3 Å². The fourth-order valence-corrected chi connectivity index (χ4v) is 2.54. The summed E-state index contributed by atoms with van der Waals surface area (Å²) in [5.74, 6) is 0.707. The Morgan fingerprint density at radius 1 is 1.12 bits per heavy atom. The maximum atomic E-state index is 8.39. The van der Waals surface area contributed by atoms with Crippen molar-refractivity contribution in [2.24, 2.45) is 0 Å². The van der Waals surface area contributed by atoms with E-state index >= 15 is 0 Å². The van der Waals surface area contributed by atoms with Gasteiger partial charge in [0.1, 0.15) is 11.4 Å². The van der Waals surface area contributed by atoms with Crippen LogP contribution in [0.4, 0.5) is 0 Å². The van der Waals surface area contributed by atoms with E-state index in [9.17, 15) is 0 Å². The molecule has 1 saturated heterocycles. The Morgan fingerprint density at radius 3 is 2.12 bits per heavy atom. The lowest BCUT2D eigenvalue weighted by Crippen LogP contribution is -2.51. The Morgan fingerprint density at radius 2 is 1.69 bits per heavy atom. The van der Waals surface area contributed by atoms with Crippen molar-refractivity contribution in [2.75, 3.05) is 19.7 Å². The molecule has 0 atom stereocenters. The average molecular weight is 226 g/mol. The molecule has 0 aromatic carbocycles. The quantitative estimate of drug-likeness (QED) is 0.578. The van der Waals surface area contributed by atoms with E-state index in [1.165, 1.54) is 19.3 Å². The van der Waals surface area contributed by atoms with E-state index in [1.54, 1.807) is 0 Å². The number of rotatable bonds is 5. The summed E-state index contributed by atoms with van der Waals surface area (Å²) < 4.78 is 5.88. The molecule has 0 bridgehead atoms. The normalized spacial score (nSPS) is 17.6. The molecular weight excluding hydrogens is 200 g/mol. The number of likely N-dealkylation sites (tertiary alicyclic amines) is 1. The van der Waals surface area contributed by atoms with Gasteiger partial charge in [-0.25, -0.2) is 0 Å². The molecule has 1 heterocycles. The number of nitrogens with zero attached hydrogens (tertiary/aromatic N) is 1. The van der Waals surface area contributed by atoms with E-state index in [1.807, 2.05) is 6.92 Å². The van der Waals surface area contributed by atoms with Gasteiger partial charge in [-0.2, -0.15) is 0 Å². The maximum Gasteiger partial charge on any atom is 0.129 e. The average Bonchev–Trinajstić information content (AvgIpc) is 2.36. The van der Waals surface area contributed by atoms with Crippen LogP contribution in [0.25, 0.3) is 0 Å². The van der Waals surface area contributed by atoms with Crippen LogP contribution in [0.15, 0.2) is 0 Å². The van der Waals surface area contributed by atoms with Crippen molar-refractivity contribution in [3.8, 4) is 0 Å². The molecule has 0 aromatic heterocycles. The largest absolute Gasteiger partial charge is 0.367 e. The highest BCUT2D eigenvalue weighted by Gasteiger charge is 2.35. The summed E-state index contributed by atoms with van der Waals surface area (Å²) in [6.07, 6.45) is 5.54. The van der Waals surface area contributed by atoms with E-state index in [0.29, 0.717) is 12.4 Å². The molecular formula is C13H26N2O. The number of ether oxygens (including phenoxy) is 1. The molecule has 3 nitrogen and oxygen atoms in total. The van der Waals surface area contributed by atoms with Crippen LogP contribution in [0.5, 0.6) is 0 Å². The summed E-state index contributed by atoms with van der Waals surface area (Å²) in [6.45, 7) is 9.03. The molecule has 0 amide bonds. The van der Waals surface area contributed by atoms with Gasteiger partial charge in [0.15, 0.2) is 0 Å². The summed E-state index contributed by atoms with van der Waals surface area (Å²) in [7, 11) is 0. The highest BCUT2D eigenvalue weighted by molar-refractivity contribution is 5.88. The molecule has 1 fully saturated rings. The first-order chi connectivity index (χ1) is 7.70. The third-order valence-electron chi connectivity index (χ3n) is 3.67. The van der Waals surface area contributed by atoms with Crippen molar-refractivity contribution in [3.05, 3.63) is 0 Å². The third kappa shape index (κ3) is 2.76. The van der Waals surface area contributed by atoms with Crippen molar-refractivity contribution < 1.29 is 4.74 Å². The zero-order valence-corrected chi connectivity index (χ0v) is 11.0. The summed E-state index contributed by atoms with van der Waals surface area (Å²) >= 11 is 0. The maximum absolute atomic E-state index is 8.39. The Bertz CT molecular complexity index is 218. The van der Waals surface area contributed by atoms with Gasteiger partial charge in [-0.3, -0.25) is 5.41 Å². The van der Waals surface area contributed by atoms with E-state index in [0.717, 1.165) is 25.9 Å². The first-order valence-electron chi connectivity index (χ1n) is 6.68. The molecule has 1 aliphatic heterocycles. The highest BCUT2D eigenvalue weighted by atomic mass is 16.5. The number of amidine groups is 1. The zero-order valence-electron chi connectivity index (χ0n) is 11.0. The molecule has 0 saturated carbocycles. The number of nitrogens with one attached hydrogen (secondary N) is 1. The lowest BCUT2D eigenvalue weighted by atomic mass is 9.93. The van der Waals surface area contributed by atoms with Crippen LogP contribution in [0.2, 0.25) is 0 Å². The summed E-state index contributed by atoms with van der Waals surface area (Å²) in [5.41, 5.74) is -0.341. The standard InChI is InChI=1S/C13H26N2O/c1-4-13(5-2,16-6-3)12(14)15-10-8-7-9-11-15/h14H,4-11H2,1-3H3. The second-order valence-electron chi connectivity index (χ2n) is 4.53. The summed E-state index contributed by atoms with van der Waals surface area (Å²) in [5, 5.41) is 8.39. The number of hydrogen-bond donors (Lipinski definition) is 1. The van der Waals surface area contributed by atoms with E-state index in [2.05, 4.69) is 18.7 Å². The van der Waals surface area contributed by atoms with Crippen LogP contribution in [0, 0.1) is 5.41 Å². The lowest BCUT2D eigenvalue weighted by Gasteiger charge is -2.40. The minimum atomic E-state index is -0.341. The van der Waals surface area contributed by atoms with Gasteiger partial charge in [-0.1, -0.05) is 13.8 Å². The van der Waals surface area contributed by atoms with Crippen LogP contribution in [-0.4, -0.2) is 36.0 Å². The highest BCUT2D eigenvalue weighted by Crippen LogP contribution is 2.25. The van der Waals surface area contributed by atoms with Gasteiger partial charge in [-0.05, 0) is 39.0 Å². The SMILES string of the molecule is CCOC(CC)(CC)C(=N)N1CCCCC1. The minimum absolute atomic E-state index is 0.341. The lowest BCUT2D eigenvalue weighted by molar-refractivity contribution is -0.00124. The Kier molecular flexibility index (Phi) is 5.26. The van der Waals surface area contributed by atoms with Crippen molar-refractivity contribution in [1.82, 2.24) is 4.90 Å². The van der Waals surface area contributed by atoms with Crippen LogP contribution in [-0.2, 0) is 4.74 Å². The fraction of sp³-hybridized carbons (Fsp3) is 0.923. The van der Waals surface area contributed by atoms with Gasteiger partial charge in [0.2, 0.25) is 0 Å². The molecule has 3 heteroatoms. The number of hydrogen-bond acceptors (Lipinski definition) is 2. The van der Waals surface area contributed by atoms with Gasteiger partial charge < -0.3 is 9.64 Å². The van der Waals surface area contributed by atoms with Gasteiger partial charge >= 0.3 is 0 Å². The Hall–Kier alpha value is -0.570. The van der Waals surface area contributed by atoms with E-state index in [4.69, 9.17) is 10.1 Å². The molecule has 1 aliphatic rings. The molecule has 0 spiro atoms. The van der Waals surface area contributed by atoms with Crippen molar-refractivity contribution in [2.45, 2.75) is 58.5 Å². The molecule has 0 unspecified atom stereocenters. The van der Waals surface area contributed by atoms with Gasteiger partial charge in [0.25, 0.3) is 0 Å². The Balaban J connectivity index is 2.72. The zero-order chi connectivity index (χ0) is 12.0. The second-order valence-corrected chi connectivity index (χ2v) is 4.53. The van der Waals surface area contributed by atoms with Gasteiger partial charge in [0.05, 0.1) is 0 Å². The molecule has 0 aliphatic carbocycles. The fourth-order valence-electron chi connectivity index (χ4n) is 2.54. The van der Waals surface area contributed by atoms with Crippen LogP contribution < -0.4 is 0 Å². The molecule has 94 valence electrons. The van der Waals surface area contributed by atoms with Crippen molar-refractivity contribution in [1.29, 1.82) is 5.41 Å². The summed E-state index contributed by atoms with van der Waals surface area (Å²) in [6, 6.07) is 0. The monoisotopic (exact) mass is 226 g/mol. The smallest absolute Gasteiger partial charge is 0.129 e. The summed E-state index contributed by atoms with van der Waals surface area (Å²) in [4.78, 5) is 2.21. The van der Waals surface area contributed by atoms with E-state index in [-0.39, 0.29) is 5.60 Å².